The van der Waals surface area contributed by atoms with Gasteiger partial charge < -0.3 is 14.8 Å². The van der Waals surface area contributed by atoms with Gasteiger partial charge in [0.05, 0.1) is 13.2 Å². The number of hydrogen-bond acceptors (Lipinski definition) is 3. The van der Waals surface area contributed by atoms with Crippen LogP contribution in [0.4, 0.5) is 0 Å². The van der Waals surface area contributed by atoms with Crippen LogP contribution in [0.3, 0.4) is 0 Å². The molecule has 2 rings (SSSR count). The summed E-state index contributed by atoms with van der Waals surface area (Å²) in [6, 6.07) is 13.6. The summed E-state index contributed by atoms with van der Waals surface area (Å²) in [5.41, 5.74) is 3.13. The second-order valence-corrected chi connectivity index (χ2v) is 6.22. The number of rotatable bonds is 7. The van der Waals surface area contributed by atoms with Gasteiger partial charge in [0.2, 0.25) is 0 Å². The Kier molecular flexibility index (Phi) is 6.45. The van der Waals surface area contributed by atoms with Crippen molar-refractivity contribution in [1.82, 2.24) is 5.32 Å². The number of methoxy groups -OCH3 is 1. The number of aryl methyl sites for hydroxylation is 2. The van der Waals surface area contributed by atoms with Crippen LogP contribution in [0.2, 0.25) is 0 Å². The van der Waals surface area contributed by atoms with Crippen molar-refractivity contribution in [2.24, 2.45) is 0 Å². The molecular formula is C21H27NO3. The SMILES string of the molecule is CC[C@H](NC(=O)[C@@H](C)Oc1ccccc1C)c1ccc(OC)c(C)c1. The fourth-order valence-corrected chi connectivity index (χ4v) is 2.76. The molecule has 0 bridgehead atoms. The maximum atomic E-state index is 12.5. The van der Waals surface area contributed by atoms with Gasteiger partial charge in [-0.1, -0.05) is 37.3 Å². The third kappa shape index (κ3) is 4.75. The highest BCUT2D eigenvalue weighted by Gasteiger charge is 2.20. The Balaban J connectivity index is 2.06. The van der Waals surface area contributed by atoms with E-state index < -0.39 is 6.10 Å². The van der Waals surface area contributed by atoms with Crippen LogP contribution in [-0.4, -0.2) is 19.1 Å². The summed E-state index contributed by atoms with van der Waals surface area (Å²) in [5, 5.41) is 3.08. The molecule has 2 aromatic carbocycles. The third-order valence-electron chi connectivity index (χ3n) is 4.31. The first-order valence-electron chi connectivity index (χ1n) is 8.63. The van der Waals surface area contributed by atoms with Crippen molar-refractivity contribution >= 4 is 5.91 Å². The lowest BCUT2D eigenvalue weighted by Crippen LogP contribution is -2.38. The molecule has 0 aliphatic rings. The summed E-state index contributed by atoms with van der Waals surface area (Å²) in [4.78, 5) is 12.5. The Morgan fingerprint density at radius 2 is 1.80 bits per heavy atom. The molecule has 1 N–H and O–H groups in total. The van der Waals surface area contributed by atoms with Crippen LogP contribution in [0.25, 0.3) is 0 Å². The topological polar surface area (TPSA) is 47.6 Å². The normalized spacial score (nSPS) is 13.0. The molecule has 4 heteroatoms. The van der Waals surface area contributed by atoms with Crippen molar-refractivity contribution in [3.05, 3.63) is 59.2 Å². The van der Waals surface area contributed by atoms with Gasteiger partial charge in [-0.2, -0.15) is 0 Å². The van der Waals surface area contributed by atoms with Crippen LogP contribution in [0.5, 0.6) is 11.5 Å². The number of hydrogen-bond donors (Lipinski definition) is 1. The molecule has 0 saturated carbocycles. The fourth-order valence-electron chi connectivity index (χ4n) is 2.76. The van der Waals surface area contributed by atoms with Crippen LogP contribution in [0.1, 0.15) is 43.0 Å². The van der Waals surface area contributed by atoms with E-state index in [1.54, 1.807) is 14.0 Å². The van der Waals surface area contributed by atoms with Gasteiger partial charge in [-0.3, -0.25) is 4.79 Å². The van der Waals surface area contributed by atoms with Gasteiger partial charge in [-0.05, 0) is 56.0 Å². The summed E-state index contributed by atoms with van der Waals surface area (Å²) in [6.45, 7) is 7.79. The summed E-state index contributed by atoms with van der Waals surface area (Å²) in [6.07, 6.45) is 0.240. The Morgan fingerprint density at radius 1 is 1.08 bits per heavy atom. The number of carbonyl (C=O) groups excluding carboxylic acids is 1. The van der Waals surface area contributed by atoms with E-state index in [2.05, 4.69) is 18.3 Å². The van der Waals surface area contributed by atoms with E-state index in [4.69, 9.17) is 9.47 Å². The van der Waals surface area contributed by atoms with Crippen molar-refractivity contribution in [3.63, 3.8) is 0 Å². The minimum absolute atomic E-state index is 0.0555. The van der Waals surface area contributed by atoms with Crippen molar-refractivity contribution < 1.29 is 14.3 Å². The summed E-state index contributed by atoms with van der Waals surface area (Å²) in [5.74, 6) is 1.46. The molecule has 4 nitrogen and oxygen atoms in total. The Labute approximate surface area is 150 Å². The summed E-state index contributed by atoms with van der Waals surface area (Å²) in [7, 11) is 1.66. The Morgan fingerprint density at radius 3 is 2.40 bits per heavy atom. The van der Waals surface area contributed by atoms with Gasteiger partial charge in [0.25, 0.3) is 5.91 Å². The minimum atomic E-state index is -0.561. The number of carbonyl (C=O) groups is 1. The standard InChI is InChI=1S/C21H27NO3/c1-6-18(17-11-12-19(24-5)15(3)13-17)22-21(23)16(4)25-20-10-8-7-9-14(20)2/h7-13,16,18H,6H2,1-5H3,(H,22,23)/t16-,18+/m1/s1. The molecule has 0 heterocycles. The first kappa shape index (κ1) is 18.8. The molecule has 0 aromatic heterocycles. The molecule has 2 atom stereocenters. The number of benzene rings is 2. The average molecular weight is 341 g/mol. The zero-order valence-electron chi connectivity index (χ0n) is 15.6. The first-order valence-corrected chi connectivity index (χ1v) is 8.63. The van der Waals surface area contributed by atoms with Gasteiger partial charge >= 0.3 is 0 Å². The fraction of sp³-hybridized carbons (Fsp3) is 0.381. The lowest BCUT2D eigenvalue weighted by atomic mass is 10.0. The van der Waals surface area contributed by atoms with E-state index in [1.807, 2.05) is 50.2 Å². The van der Waals surface area contributed by atoms with Gasteiger partial charge in [-0.25, -0.2) is 0 Å². The number of amides is 1. The van der Waals surface area contributed by atoms with Crippen LogP contribution in [0.15, 0.2) is 42.5 Å². The van der Waals surface area contributed by atoms with E-state index in [9.17, 15) is 4.79 Å². The Hall–Kier alpha value is -2.49. The maximum absolute atomic E-state index is 12.5. The molecule has 0 saturated heterocycles. The highest BCUT2D eigenvalue weighted by molar-refractivity contribution is 5.81. The summed E-state index contributed by atoms with van der Waals surface area (Å²) >= 11 is 0. The number of ether oxygens (including phenoxy) is 2. The molecule has 1 amide bonds. The van der Waals surface area contributed by atoms with E-state index in [0.29, 0.717) is 0 Å². The molecule has 0 fully saturated rings. The van der Waals surface area contributed by atoms with Crippen molar-refractivity contribution in [3.8, 4) is 11.5 Å². The average Bonchev–Trinajstić information content (AvgIpc) is 2.61. The molecule has 0 unspecified atom stereocenters. The lowest BCUT2D eigenvalue weighted by Gasteiger charge is -2.22. The molecule has 0 aliphatic carbocycles. The Bertz CT molecular complexity index is 727. The molecule has 134 valence electrons. The van der Waals surface area contributed by atoms with Crippen LogP contribution >= 0.6 is 0 Å². The predicted octanol–water partition coefficient (Wildman–Crippen LogP) is 4.35. The van der Waals surface area contributed by atoms with Gasteiger partial charge in [0.1, 0.15) is 11.5 Å². The van der Waals surface area contributed by atoms with Crippen LogP contribution in [-0.2, 0) is 4.79 Å². The van der Waals surface area contributed by atoms with E-state index >= 15 is 0 Å². The zero-order valence-corrected chi connectivity index (χ0v) is 15.6. The van der Waals surface area contributed by atoms with Crippen molar-refractivity contribution in [1.29, 1.82) is 0 Å². The maximum Gasteiger partial charge on any atom is 0.261 e. The third-order valence-corrected chi connectivity index (χ3v) is 4.31. The molecule has 0 aliphatic heterocycles. The quantitative estimate of drug-likeness (QED) is 0.814. The predicted molar refractivity (Wildman–Crippen MR) is 100 cm³/mol. The highest BCUT2D eigenvalue weighted by Crippen LogP contribution is 2.24. The van der Waals surface area contributed by atoms with Crippen LogP contribution < -0.4 is 14.8 Å². The number of nitrogens with one attached hydrogen (secondary N) is 1. The van der Waals surface area contributed by atoms with Crippen LogP contribution in [0, 0.1) is 13.8 Å². The number of para-hydroxylation sites is 1. The summed E-state index contributed by atoms with van der Waals surface area (Å²) < 4.78 is 11.1. The van der Waals surface area contributed by atoms with E-state index in [-0.39, 0.29) is 11.9 Å². The second-order valence-electron chi connectivity index (χ2n) is 6.22. The molecule has 0 radical (unpaired) electrons. The monoisotopic (exact) mass is 341 g/mol. The van der Waals surface area contributed by atoms with Gasteiger partial charge in [0.15, 0.2) is 6.10 Å². The lowest BCUT2D eigenvalue weighted by molar-refractivity contribution is -0.128. The molecule has 0 spiro atoms. The molecular weight excluding hydrogens is 314 g/mol. The van der Waals surface area contributed by atoms with E-state index in [0.717, 1.165) is 34.6 Å². The zero-order chi connectivity index (χ0) is 18.4. The highest BCUT2D eigenvalue weighted by atomic mass is 16.5. The largest absolute Gasteiger partial charge is 0.496 e. The smallest absolute Gasteiger partial charge is 0.261 e. The molecule has 2 aromatic rings. The van der Waals surface area contributed by atoms with Gasteiger partial charge in [-0.15, -0.1) is 0 Å². The van der Waals surface area contributed by atoms with Crippen molar-refractivity contribution in [2.75, 3.05) is 7.11 Å². The second kappa shape index (κ2) is 8.56. The van der Waals surface area contributed by atoms with Gasteiger partial charge in [0, 0.05) is 0 Å². The van der Waals surface area contributed by atoms with E-state index in [1.165, 1.54) is 0 Å². The van der Waals surface area contributed by atoms with Crippen molar-refractivity contribution in [2.45, 2.75) is 46.3 Å². The molecule has 25 heavy (non-hydrogen) atoms. The minimum Gasteiger partial charge on any atom is -0.496 e. The first-order chi connectivity index (χ1) is 12.0.